The Labute approximate surface area is 141 Å². The lowest BCUT2D eigenvalue weighted by atomic mass is 9.94. The second kappa shape index (κ2) is 6.86. The van der Waals surface area contributed by atoms with Gasteiger partial charge in [0.25, 0.3) is 0 Å². The number of urea groups is 1. The number of nitrogens with one attached hydrogen (secondary N) is 2. The summed E-state index contributed by atoms with van der Waals surface area (Å²) in [6.07, 6.45) is 2.88. The number of furan rings is 1. The smallest absolute Gasteiger partial charge is 0.319 e. The van der Waals surface area contributed by atoms with E-state index < -0.39 is 17.4 Å². The third-order valence-corrected chi connectivity index (χ3v) is 4.58. The average molecular weight is 346 g/mol. The van der Waals surface area contributed by atoms with Crippen molar-refractivity contribution in [2.75, 3.05) is 11.9 Å². The van der Waals surface area contributed by atoms with E-state index in [1.165, 1.54) is 42.1 Å². The molecule has 1 atom stereocenters. The van der Waals surface area contributed by atoms with Crippen molar-refractivity contribution in [1.29, 1.82) is 0 Å². The van der Waals surface area contributed by atoms with Crippen molar-refractivity contribution in [3.8, 4) is 0 Å². The molecule has 0 aliphatic heterocycles. The lowest BCUT2D eigenvalue weighted by Gasteiger charge is -2.26. The van der Waals surface area contributed by atoms with Crippen LogP contribution in [0, 0.1) is 5.82 Å². The molecule has 0 spiro atoms. The van der Waals surface area contributed by atoms with Gasteiger partial charge in [0.1, 0.15) is 11.4 Å². The average Bonchev–Trinajstić information content (AvgIpc) is 3.28. The highest BCUT2D eigenvalue weighted by molar-refractivity contribution is 7.10. The van der Waals surface area contributed by atoms with Crippen LogP contribution in [0.25, 0.3) is 0 Å². The van der Waals surface area contributed by atoms with E-state index in [4.69, 9.17) is 4.42 Å². The molecule has 0 aliphatic carbocycles. The van der Waals surface area contributed by atoms with Gasteiger partial charge in [-0.15, -0.1) is 11.3 Å². The second-order valence-electron chi connectivity index (χ2n) is 5.14. The Kier molecular flexibility index (Phi) is 4.64. The maximum Gasteiger partial charge on any atom is 0.319 e. The molecule has 3 rings (SSSR count). The summed E-state index contributed by atoms with van der Waals surface area (Å²) in [7, 11) is 0. The molecule has 5 nitrogen and oxygen atoms in total. The summed E-state index contributed by atoms with van der Waals surface area (Å²) in [6.45, 7) is -0.0899. The molecule has 0 radical (unpaired) electrons. The molecule has 0 saturated carbocycles. The monoisotopic (exact) mass is 346 g/mol. The van der Waals surface area contributed by atoms with Crippen molar-refractivity contribution in [3.05, 3.63) is 76.6 Å². The van der Waals surface area contributed by atoms with Gasteiger partial charge in [0.15, 0.2) is 0 Å². The second-order valence-corrected chi connectivity index (χ2v) is 6.08. The van der Waals surface area contributed by atoms with Crippen LogP contribution in [0.5, 0.6) is 0 Å². The van der Waals surface area contributed by atoms with E-state index in [0.29, 0.717) is 10.4 Å². The number of hydrogen-bond acceptors (Lipinski definition) is 4. The van der Waals surface area contributed by atoms with Crippen molar-refractivity contribution in [3.63, 3.8) is 0 Å². The molecule has 24 heavy (non-hydrogen) atoms. The number of aliphatic hydroxyl groups is 1. The molecule has 2 heterocycles. The third-order valence-electron chi connectivity index (χ3n) is 3.55. The molecule has 3 aromatic rings. The van der Waals surface area contributed by atoms with Gasteiger partial charge in [-0.3, -0.25) is 0 Å². The molecule has 1 aromatic carbocycles. The first-order valence-corrected chi connectivity index (χ1v) is 8.06. The molecule has 0 saturated heterocycles. The first kappa shape index (κ1) is 16.2. The lowest BCUT2D eigenvalue weighted by Crippen LogP contribution is -2.42. The maximum atomic E-state index is 13.6. The van der Waals surface area contributed by atoms with Crippen LogP contribution < -0.4 is 10.6 Å². The van der Waals surface area contributed by atoms with Crippen molar-refractivity contribution < 1.29 is 18.7 Å². The van der Waals surface area contributed by atoms with Gasteiger partial charge in [-0.2, -0.15) is 0 Å². The molecule has 0 bridgehead atoms. The normalized spacial score (nSPS) is 13.2. The largest absolute Gasteiger partial charge is 0.472 e. The van der Waals surface area contributed by atoms with Crippen LogP contribution >= 0.6 is 11.3 Å². The van der Waals surface area contributed by atoms with E-state index in [1.54, 1.807) is 18.2 Å². The summed E-state index contributed by atoms with van der Waals surface area (Å²) >= 11 is 1.36. The quantitative estimate of drug-likeness (QED) is 0.661. The van der Waals surface area contributed by atoms with Gasteiger partial charge in [0, 0.05) is 10.4 Å². The number of benzene rings is 1. The highest BCUT2D eigenvalue weighted by atomic mass is 32.1. The van der Waals surface area contributed by atoms with Gasteiger partial charge in [-0.25, -0.2) is 9.18 Å². The van der Waals surface area contributed by atoms with Crippen molar-refractivity contribution in [2.45, 2.75) is 5.60 Å². The number of thiophene rings is 1. The Morgan fingerprint density at radius 2 is 2.08 bits per heavy atom. The molecule has 124 valence electrons. The summed E-state index contributed by atoms with van der Waals surface area (Å²) < 4.78 is 18.6. The summed E-state index contributed by atoms with van der Waals surface area (Å²) in [4.78, 5) is 12.7. The van der Waals surface area contributed by atoms with E-state index >= 15 is 0 Å². The Morgan fingerprint density at radius 3 is 2.75 bits per heavy atom. The first-order valence-electron chi connectivity index (χ1n) is 7.18. The molecule has 2 amide bonds. The van der Waals surface area contributed by atoms with Crippen LogP contribution in [0.4, 0.5) is 14.9 Å². The molecule has 0 unspecified atom stereocenters. The fraction of sp³-hybridized carbons (Fsp3) is 0.118. The van der Waals surface area contributed by atoms with Gasteiger partial charge in [-0.05, 0) is 29.6 Å². The summed E-state index contributed by atoms with van der Waals surface area (Å²) in [6, 6.07) is 10.5. The molecule has 3 N–H and O–H groups in total. The predicted molar refractivity (Wildman–Crippen MR) is 89.4 cm³/mol. The number of carbonyl (C=O) groups is 1. The minimum absolute atomic E-state index is 0.0676. The molecular formula is C17H15FN2O3S. The molecule has 7 heteroatoms. The number of rotatable bonds is 5. The Balaban J connectivity index is 1.73. The van der Waals surface area contributed by atoms with E-state index in [0.717, 1.165) is 0 Å². The number of anilines is 1. The zero-order valence-electron chi connectivity index (χ0n) is 12.5. The predicted octanol–water partition coefficient (Wildman–Crippen LogP) is 3.54. The van der Waals surface area contributed by atoms with Crippen molar-refractivity contribution in [1.82, 2.24) is 5.32 Å². The topological polar surface area (TPSA) is 74.5 Å². The fourth-order valence-corrected chi connectivity index (χ4v) is 3.13. The number of hydrogen-bond donors (Lipinski definition) is 3. The first-order chi connectivity index (χ1) is 11.6. The van der Waals surface area contributed by atoms with Crippen molar-refractivity contribution >= 4 is 23.1 Å². The number of carbonyl (C=O) groups excluding carboxylic acids is 1. The van der Waals surface area contributed by atoms with Gasteiger partial charge in [-0.1, -0.05) is 18.2 Å². The van der Waals surface area contributed by atoms with Gasteiger partial charge in [0.05, 0.1) is 24.8 Å². The van der Waals surface area contributed by atoms with Crippen LogP contribution in [-0.4, -0.2) is 17.7 Å². The van der Waals surface area contributed by atoms with E-state index in [1.807, 2.05) is 11.4 Å². The Hall–Kier alpha value is -2.64. The standard InChI is InChI=1S/C17H15FN2O3S/c18-13-4-1-2-5-14(13)20-16(21)19-11-17(22,12-7-8-23-10-12)15-6-3-9-24-15/h1-10,22H,11H2,(H2,19,20,21)/t17-/m0/s1. The fourth-order valence-electron chi connectivity index (χ4n) is 2.28. The summed E-state index contributed by atoms with van der Waals surface area (Å²) in [5.74, 6) is -0.531. The minimum atomic E-state index is -1.42. The van der Waals surface area contributed by atoms with Gasteiger partial charge in [0.2, 0.25) is 0 Å². The van der Waals surface area contributed by atoms with Gasteiger partial charge < -0.3 is 20.2 Å². The number of amides is 2. The zero-order valence-corrected chi connectivity index (χ0v) is 13.3. The summed E-state index contributed by atoms with van der Waals surface area (Å²) in [5.41, 5.74) is -0.831. The van der Waals surface area contributed by atoms with Crippen molar-refractivity contribution in [2.24, 2.45) is 0 Å². The van der Waals surface area contributed by atoms with E-state index in [-0.39, 0.29) is 12.2 Å². The van der Waals surface area contributed by atoms with Crippen LogP contribution in [0.2, 0.25) is 0 Å². The van der Waals surface area contributed by atoms with Gasteiger partial charge >= 0.3 is 6.03 Å². The maximum absolute atomic E-state index is 13.6. The van der Waals surface area contributed by atoms with E-state index in [9.17, 15) is 14.3 Å². The summed E-state index contributed by atoms with van der Waals surface area (Å²) in [5, 5.41) is 17.9. The highest BCUT2D eigenvalue weighted by Gasteiger charge is 2.34. The number of para-hydroxylation sites is 1. The number of halogens is 1. The molecule has 0 aliphatic rings. The molecular weight excluding hydrogens is 331 g/mol. The lowest BCUT2D eigenvalue weighted by molar-refractivity contribution is 0.0859. The Morgan fingerprint density at radius 1 is 1.25 bits per heavy atom. The highest BCUT2D eigenvalue weighted by Crippen LogP contribution is 2.32. The molecule has 2 aromatic heterocycles. The zero-order chi connectivity index (χ0) is 17.0. The van der Waals surface area contributed by atoms with Crippen LogP contribution in [0.1, 0.15) is 10.4 Å². The van der Waals surface area contributed by atoms with Crippen LogP contribution in [-0.2, 0) is 5.60 Å². The Bertz CT molecular complexity index is 769. The van der Waals surface area contributed by atoms with E-state index in [2.05, 4.69) is 10.6 Å². The SMILES string of the molecule is O=C(NC[C@](O)(c1ccoc1)c1cccs1)Nc1ccccc1F. The third kappa shape index (κ3) is 3.32. The van der Waals surface area contributed by atoms with Crippen LogP contribution in [0.3, 0.4) is 0 Å². The molecule has 0 fully saturated rings. The minimum Gasteiger partial charge on any atom is -0.472 e. The van der Waals surface area contributed by atoms with Crippen LogP contribution in [0.15, 0.2) is 64.8 Å².